The van der Waals surface area contributed by atoms with Crippen LogP contribution in [-0.4, -0.2) is 34.5 Å². The molecule has 0 heterocycles. The van der Waals surface area contributed by atoms with Gasteiger partial charge in [-0.2, -0.15) is 0 Å². The predicted octanol–water partition coefficient (Wildman–Crippen LogP) is 0.721. The van der Waals surface area contributed by atoms with Gasteiger partial charge < -0.3 is 5.11 Å². The average molecular weight is 292 g/mol. The smallest absolute Gasteiger partial charge is 0.176 e. The van der Waals surface area contributed by atoms with E-state index in [9.17, 15) is 21.9 Å². The summed E-state index contributed by atoms with van der Waals surface area (Å²) in [5.74, 6) is 0. The van der Waals surface area contributed by atoms with Gasteiger partial charge >= 0.3 is 0 Å². The first-order chi connectivity index (χ1) is 7.83. The minimum Gasteiger partial charge on any atom is -0.386 e. The van der Waals surface area contributed by atoms with Crippen LogP contribution in [-0.2, 0) is 25.3 Å². The summed E-state index contributed by atoms with van der Waals surface area (Å²) in [4.78, 5) is -0.539. The molecule has 0 radical (unpaired) electrons. The molecule has 0 unspecified atom stereocenters. The number of rotatable bonds is 3. The molecule has 18 heavy (non-hydrogen) atoms. The first-order valence-electron chi connectivity index (χ1n) is 5.10. The van der Waals surface area contributed by atoms with Crippen LogP contribution in [0.3, 0.4) is 0 Å². The highest BCUT2D eigenvalue weighted by molar-refractivity contribution is 7.93. The molecule has 0 aliphatic carbocycles. The van der Waals surface area contributed by atoms with E-state index < -0.39 is 25.3 Å². The topological polar surface area (TPSA) is 88.5 Å². The number of hydrogen-bond acceptors (Lipinski definition) is 5. The fourth-order valence-corrected chi connectivity index (χ4v) is 3.91. The molecule has 1 aromatic carbocycles. The van der Waals surface area contributed by atoms with Crippen molar-refractivity contribution < 1.29 is 21.9 Å². The normalized spacial score (nSPS) is 13.6. The summed E-state index contributed by atoms with van der Waals surface area (Å²) in [7, 11) is -7.33. The lowest BCUT2D eigenvalue weighted by Crippen LogP contribution is -2.17. The largest absolute Gasteiger partial charge is 0.386 e. The summed E-state index contributed by atoms with van der Waals surface area (Å²) in [5, 5.41) is 9.83. The molecule has 7 heteroatoms. The molecule has 0 aromatic heterocycles. The minimum atomic E-state index is -3.69. The molecule has 0 saturated carbocycles. The summed E-state index contributed by atoms with van der Waals surface area (Å²) >= 11 is 0. The fraction of sp³-hybridized carbons (Fsp3) is 0.455. The van der Waals surface area contributed by atoms with Crippen LogP contribution in [0.2, 0.25) is 0 Å². The molecule has 0 atom stereocenters. The van der Waals surface area contributed by atoms with Crippen LogP contribution < -0.4 is 0 Å². The summed E-state index contributed by atoms with van der Waals surface area (Å²) in [6, 6.07) is 3.82. The van der Waals surface area contributed by atoms with E-state index in [0.29, 0.717) is 5.56 Å². The van der Waals surface area contributed by atoms with Gasteiger partial charge in [-0.05, 0) is 31.5 Å². The second-order valence-electron chi connectivity index (χ2n) is 4.76. The van der Waals surface area contributed by atoms with Gasteiger partial charge in [0.15, 0.2) is 19.7 Å². The molecule has 1 aromatic rings. The van der Waals surface area contributed by atoms with Gasteiger partial charge in [-0.15, -0.1) is 0 Å². The van der Waals surface area contributed by atoms with Gasteiger partial charge in [0, 0.05) is 12.5 Å². The third kappa shape index (κ3) is 3.30. The zero-order chi connectivity index (χ0) is 14.4. The Morgan fingerprint density at radius 3 is 1.72 bits per heavy atom. The highest BCUT2D eigenvalue weighted by atomic mass is 32.2. The lowest BCUT2D eigenvalue weighted by molar-refractivity contribution is 0.0783. The van der Waals surface area contributed by atoms with E-state index in [4.69, 9.17) is 0 Å². The molecule has 1 rings (SSSR count). The molecule has 0 spiro atoms. The van der Waals surface area contributed by atoms with E-state index in [1.807, 2.05) is 0 Å². The monoisotopic (exact) mass is 292 g/mol. The Morgan fingerprint density at radius 2 is 1.39 bits per heavy atom. The summed E-state index contributed by atoms with van der Waals surface area (Å²) in [6.07, 6.45) is 1.88. The molecular weight excluding hydrogens is 276 g/mol. The van der Waals surface area contributed by atoms with E-state index >= 15 is 0 Å². The van der Waals surface area contributed by atoms with Gasteiger partial charge in [-0.1, -0.05) is 6.07 Å². The van der Waals surface area contributed by atoms with Gasteiger partial charge in [0.2, 0.25) is 0 Å². The van der Waals surface area contributed by atoms with Crippen LogP contribution in [0.5, 0.6) is 0 Å². The fourth-order valence-electron chi connectivity index (χ4n) is 1.48. The highest BCUT2D eigenvalue weighted by Gasteiger charge is 2.24. The predicted molar refractivity (Wildman–Crippen MR) is 67.9 cm³/mol. The average Bonchev–Trinajstić information content (AvgIpc) is 2.12. The van der Waals surface area contributed by atoms with E-state index in [1.165, 1.54) is 32.0 Å². The van der Waals surface area contributed by atoms with E-state index in [1.54, 1.807) is 0 Å². The second-order valence-corrected chi connectivity index (χ2v) is 8.73. The Bertz CT molecular complexity index is 664. The van der Waals surface area contributed by atoms with Gasteiger partial charge in [0.05, 0.1) is 15.4 Å². The summed E-state index contributed by atoms with van der Waals surface area (Å²) in [6.45, 7) is 2.99. The third-order valence-electron chi connectivity index (χ3n) is 2.45. The first kappa shape index (κ1) is 15.1. The number of hydrogen-bond donors (Lipinski definition) is 1. The van der Waals surface area contributed by atoms with Crippen LogP contribution in [0.25, 0.3) is 0 Å². The first-order valence-corrected chi connectivity index (χ1v) is 8.89. The third-order valence-corrected chi connectivity index (χ3v) is 4.87. The lowest BCUT2D eigenvalue weighted by Gasteiger charge is -2.19. The van der Waals surface area contributed by atoms with E-state index in [-0.39, 0.29) is 9.79 Å². The maximum absolute atomic E-state index is 11.6. The van der Waals surface area contributed by atoms with Crippen molar-refractivity contribution in [2.24, 2.45) is 0 Å². The molecule has 0 amide bonds. The lowest BCUT2D eigenvalue weighted by atomic mass is 9.99. The van der Waals surface area contributed by atoms with Crippen LogP contribution >= 0.6 is 0 Å². The minimum absolute atomic E-state index is 0.252. The standard InChI is InChI=1S/C11H16O5S2/c1-11(2,12)8-5-6-9(17(3,13)14)10(7-8)18(4,15)16/h5-7,12H,1-4H3. The molecular formula is C11H16O5S2. The second kappa shape index (κ2) is 4.32. The number of sulfone groups is 2. The Balaban J connectivity index is 3.72. The van der Waals surface area contributed by atoms with Crippen molar-refractivity contribution in [2.45, 2.75) is 29.2 Å². The highest BCUT2D eigenvalue weighted by Crippen LogP contribution is 2.27. The van der Waals surface area contributed by atoms with Gasteiger partial charge in [0.25, 0.3) is 0 Å². The summed E-state index contributed by atoms with van der Waals surface area (Å²) in [5.41, 5.74) is -0.898. The zero-order valence-electron chi connectivity index (χ0n) is 10.6. The molecule has 1 N–H and O–H groups in total. The SMILES string of the molecule is CC(C)(O)c1ccc(S(C)(=O)=O)c(S(C)(=O)=O)c1. The van der Waals surface area contributed by atoms with Gasteiger partial charge in [-0.25, -0.2) is 16.8 Å². The molecule has 0 aliphatic rings. The Hall–Kier alpha value is -0.920. The van der Waals surface area contributed by atoms with Crippen molar-refractivity contribution in [2.75, 3.05) is 12.5 Å². The van der Waals surface area contributed by atoms with Crippen molar-refractivity contribution in [1.29, 1.82) is 0 Å². The Morgan fingerprint density at radius 1 is 0.944 bits per heavy atom. The van der Waals surface area contributed by atoms with Crippen molar-refractivity contribution in [3.63, 3.8) is 0 Å². The molecule has 0 bridgehead atoms. The van der Waals surface area contributed by atoms with Gasteiger partial charge in [0.1, 0.15) is 0 Å². The van der Waals surface area contributed by atoms with E-state index in [2.05, 4.69) is 0 Å². The van der Waals surface area contributed by atoms with Crippen LogP contribution in [0.1, 0.15) is 19.4 Å². The number of aliphatic hydroxyl groups is 1. The van der Waals surface area contributed by atoms with Crippen molar-refractivity contribution in [3.05, 3.63) is 23.8 Å². The van der Waals surface area contributed by atoms with Crippen molar-refractivity contribution in [1.82, 2.24) is 0 Å². The Labute approximate surface area is 107 Å². The van der Waals surface area contributed by atoms with E-state index in [0.717, 1.165) is 12.5 Å². The summed E-state index contributed by atoms with van der Waals surface area (Å²) < 4.78 is 46.3. The zero-order valence-corrected chi connectivity index (χ0v) is 12.3. The maximum Gasteiger partial charge on any atom is 0.176 e. The van der Waals surface area contributed by atoms with Crippen LogP contribution in [0.4, 0.5) is 0 Å². The van der Waals surface area contributed by atoms with Crippen molar-refractivity contribution in [3.8, 4) is 0 Å². The molecule has 0 fully saturated rings. The van der Waals surface area contributed by atoms with Crippen molar-refractivity contribution >= 4 is 19.7 Å². The molecule has 102 valence electrons. The van der Waals surface area contributed by atoms with Crippen LogP contribution in [0.15, 0.2) is 28.0 Å². The molecule has 0 saturated heterocycles. The Kier molecular flexibility index (Phi) is 3.64. The molecule has 0 aliphatic heterocycles. The van der Waals surface area contributed by atoms with Crippen LogP contribution in [0, 0.1) is 0 Å². The molecule has 5 nitrogen and oxygen atoms in total. The quantitative estimate of drug-likeness (QED) is 0.887. The number of benzene rings is 1. The van der Waals surface area contributed by atoms with Gasteiger partial charge in [-0.3, -0.25) is 0 Å². The maximum atomic E-state index is 11.6.